The van der Waals surface area contributed by atoms with Crippen LogP contribution in [0.4, 0.5) is 4.79 Å². The first-order valence-electron chi connectivity index (χ1n) is 6.52. The van der Waals surface area contributed by atoms with Crippen LogP contribution in [-0.4, -0.2) is 42.9 Å². The van der Waals surface area contributed by atoms with E-state index in [0.717, 1.165) is 5.57 Å². The molecular formula is C13H24N2O4. The number of carbonyl (C=O) groups excluding carboxylic acids is 1. The van der Waals surface area contributed by atoms with Crippen molar-refractivity contribution in [2.75, 3.05) is 26.3 Å². The van der Waals surface area contributed by atoms with E-state index in [1.807, 2.05) is 27.7 Å². The van der Waals surface area contributed by atoms with Crippen molar-refractivity contribution < 1.29 is 19.3 Å². The molecule has 2 N–H and O–H groups in total. The zero-order valence-electron chi connectivity index (χ0n) is 12.2. The number of ether oxygens (including phenoxy) is 1. The van der Waals surface area contributed by atoms with Crippen LogP contribution in [0.1, 0.15) is 34.1 Å². The van der Waals surface area contributed by atoms with Gasteiger partial charge in [0.05, 0.1) is 13.2 Å². The van der Waals surface area contributed by atoms with E-state index in [0.29, 0.717) is 38.4 Å². The second-order valence-electron chi connectivity index (χ2n) is 5.45. The highest BCUT2D eigenvalue weighted by Crippen LogP contribution is 2.18. The molecule has 0 aromatic carbocycles. The van der Waals surface area contributed by atoms with E-state index in [4.69, 9.17) is 20.2 Å². The third-order valence-electron chi connectivity index (χ3n) is 2.58. The summed E-state index contributed by atoms with van der Waals surface area (Å²) < 4.78 is 5.31. The lowest BCUT2D eigenvalue weighted by molar-refractivity contribution is -0.285. The Balaban J connectivity index is 2.50. The summed E-state index contributed by atoms with van der Waals surface area (Å²) in [7, 11) is 0. The monoisotopic (exact) mass is 272 g/mol. The van der Waals surface area contributed by atoms with Crippen LogP contribution in [0.2, 0.25) is 0 Å². The van der Waals surface area contributed by atoms with Crippen LogP contribution in [0, 0.1) is 0 Å². The number of hydrogen-bond acceptors (Lipinski definition) is 5. The molecule has 1 rings (SSSR count). The molecule has 19 heavy (non-hydrogen) atoms. The normalized spacial score (nSPS) is 16.7. The van der Waals surface area contributed by atoms with E-state index < -0.39 is 5.60 Å². The summed E-state index contributed by atoms with van der Waals surface area (Å²) in [5.74, 6) is 0. The molecule has 0 saturated heterocycles. The summed E-state index contributed by atoms with van der Waals surface area (Å²) in [6, 6.07) is 0. The molecule has 1 amide bonds. The Morgan fingerprint density at radius 1 is 1.37 bits per heavy atom. The largest absolute Gasteiger partial charge is 0.444 e. The fraction of sp³-hybridized carbons (Fsp3) is 0.769. The van der Waals surface area contributed by atoms with Gasteiger partial charge in [0.2, 0.25) is 0 Å². The van der Waals surface area contributed by atoms with E-state index in [1.54, 1.807) is 4.90 Å². The van der Waals surface area contributed by atoms with Gasteiger partial charge < -0.3 is 15.4 Å². The molecule has 0 fully saturated rings. The Labute approximate surface area is 114 Å². The molecule has 6 nitrogen and oxygen atoms in total. The maximum Gasteiger partial charge on any atom is 0.410 e. The van der Waals surface area contributed by atoms with Gasteiger partial charge in [-0.3, -0.25) is 0 Å². The van der Waals surface area contributed by atoms with Crippen LogP contribution in [-0.2, 0) is 14.5 Å². The highest BCUT2D eigenvalue weighted by Gasteiger charge is 2.26. The minimum atomic E-state index is -0.492. The fourth-order valence-corrected chi connectivity index (χ4v) is 1.67. The quantitative estimate of drug-likeness (QED) is 0.480. The summed E-state index contributed by atoms with van der Waals surface area (Å²) in [5, 5.41) is 0. The van der Waals surface area contributed by atoms with E-state index in [9.17, 15) is 4.79 Å². The van der Waals surface area contributed by atoms with Crippen molar-refractivity contribution in [3.05, 3.63) is 11.3 Å². The Morgan fingerprint density at radius 3 is 2.58 bits per heavy atom. The smallest absolute Gasteiger partial charge is 0.410 e. The van der Waals surface area contributed by atoms with Crippen LogP contribution in [0.15, 0.2) is 11.3 Å². The van der Waals surface area contributed by atoms with E-state index in [1.165, 1.54) is 0 Å². The summed E-state index contributed by atoms with van der Waals surface area (Å²) in [5.41, 5.74) is 7.09. The van der Waals surface area contributed by atoms with Gasteiger partial charge in [0.15, 0.2) is 0 Å². The van der Waals surface area contributed by atoms with Crippen molar-refractivity contribution in [2.24, 2.45) is 5.73 Å². The fourth-order valence-electron chi connectivity index (χ4n) is 1.67. The minimum Gasteiger partial charge on any atom is -0.444 e. The van der Waals surface area contributed by atoms with Gasteiger partial charge in [-0.1, -0.05) is 0 Å². The molecule has 0 aromatic heterocycles. The third kappa shape index (κ3) is 5.48. The molecule has 0 atom stereocenters. The lowest BCUT2D eigenvalue weighted by atomic mass is 10.1. The number of nitrogens with zero attached hydrogens (tertiary/aromatic N) is 1. The van der Waals surface area contributed by atoms with Gasteiger partial charge in [-0.05, 0) is 39.7 Å². The highest BCUT2D eigenvalue weighted by atomic mass is 17.2. The SMILES string of the molecule is CCOOCC1=C(N)CN(C(=O)OC(C)(C)C)CC1. The third-order valence-corrected chi connectivity index (χ3v) is 2.58. The van der Waals surface area contributed by atoms with E-state index in [2.05, 4.69) is 0 Å². The molecule has 1 heterocycles. The van der Waals surface area contributed by atoms with Gasteiger partial charge in [-0.25, -0.2) is 14.6 Å². The summed E-state index contributed by atoms with van der Waals surface area (Å²) in [6.07, 6.45) is 0.346. The second-order valence-corrected chi connectivity index (χ2v) is 5.45. The molecule has 0 bridgehead atoms. The molecule has 1 aliphatic rings. The first kappa shape index (κ1) is 15.8. The molecular weight excluding hydrogens is 248 g/mol. The predicted molar refractivity (Wildman–Crippen MR) is 71.2 cm³/mol. The molecule has 0 aliphatic carbocycles. The van der Waals surface area contributed by atoms with E-state index in [-0.39, 0.29) is 6.09 Å². The van der Waals surface area contributed by atoms with Crippen molar-refractivity contribution >= 4 is 6.09 Å². The molecule has 0 unspecified atom stereocenters. The summed E-state index contributed by atoms with van der Waals surface area (Å²) >= 11 is 0. The van der Waals surface area contributed by atoms with Crippen molar-refractivity contribution in [1.82, 2.24) is 4.90 Å². The Bertz CT molecular complexity index is 347. The number of rotatable bonds is 4. The molecule has 0 aromatic rings. The lowest BCUT2D eigenvalue weighted by Gasteiger charge is -2.31. The first-order valence-corrected chi connectivity index (χ1v) is 6.52. The lowest BCUT2D eigenvalue weighted by Crippen LogP contribution is -2.42. The molecule has 0 radical (unpaired) electrons. The van der Waals surface area contributed by atoms with Gasteiger partial charge in [0, 0.05) is 12.2 Å². The van der Waals surface area contributed by atoms with Crippen LogP contribution in [0.3, 0.4) is 0 Å². The average molecular weight is 272 g/mol. The topological polar surface area (TPSA) is 74.0 Å². The number of carbonyl (C=O) groups is 1. The van der Waals surface area contributed by atoms with Crippen molar-refractivity contribution in [3.8, 4) is 0 Å². The second kappa shape index (κ2) is 6.77. The number of hydrogen-bond donors (Lipinski definition) is 1. The average Bonchev–Trinajstić information content (AvgIpc) is 2.29. The first-order chi connectivity index (χ1) is 8.83. The minimum absolute atomic E-state index is 0.333. The van der Waals surface area contributed by atoms with Gasteiger partial charge in [-0.2, -0.15) is 0 Å². The molecule has 6 heteroatoms. The Morgan fingerprint density at radius 2 is 2.05 bits per heavy atom. The number of nitrogens with two attached hydrogens (primary N) is 1. The van der Waals surface area contributed by atoms with Crippen LogP contribution >= 0.6 is 0 Å². The Hall–Kier alpha value is -1.27. The van der Waals surface area contributed by atoms with Crippen molar-refractivity contribution in [2.45, 2.75) is 39.7 Å². The van der Waals surface area contributed by atoms with E-state index >= 15 is 0 Å². The zero-order chi connectivity index (χ0) is 14.5. The van der Waals surface area contributed by atoms with Gasteiger partial charge in [-0.15, -0.1) is 0 Å². The van der Waals surface area contributed by atoms with Crippen LogP contribution in [0.5, 0.6) is 0 Å². The van der Waals surface area contributed by atoms with Gasteiger partial charge in [0.1, 0.15) is 12.2 Å². The van der Waals surface area contributed by atoms with Gasteiger partial charge in [0.25, 0.3) is 0 Å². The van der Waals surface area contributed by atoms with Crippen LogP contribution < -0.4 is 5.73 Å². The van der Waals surface area contributed by atoms with Gasteiger partial charge >= 0.3 is 6.09 Å². The summed E-state index contributed by atoms with van der Waals surface area (Å²) in [4.78, 5) is 23.3. The molecule has 1 aliphatic heterocycles. The predicted octanol–water partition coefficient (Wildman–Crippen LogP) is 1.81. The summed E-state index contributed by atoms with van der Waals surface area (Å²) in [6.45, 7) is 9.18. The number of amides is 1. The Kier molecular flexibility index (Phi) is 5.62. The maximum absolute atomic E-state index is 11.9. The standard InChI is InChI=1S/C13H24N2O4/c1-5-17-18-9-10-6-7-15(8-11(10)14)12(16)19-13(2,3)4/h5-9,14H2,1-4H3. The maximum atomic E-state index is 11.9. The highest BCUT2D eigenvalue weighted by molar-refractivity contribution is 5.68. The molecule has 110 valence electrons. The molecule has 0 saturated carbocycles. The van der Waals surface area contributed by atoms with Crippen molar-refractivity contribution in [3.63, 3.8) is 0 Å². The van der Waals surface area contributed by atoms with Crippen LogP contribution in [0.25, 0.3) is 0 Å². The van der Waals surface area contributed by atoms with Crippen molar-refractivity contribution in [1.29, 1.82) is 0 Å². The molecule has 0 spiro atoms. The zero-order valence-corrected chi connectivity index (χ0v) is 12.2.